The van der Waals surface area contributed by atoms with Crippen molar-refractivity contribution in [2.75, 3.05) is 20.3 Å². The lowest BCUT2D eigenvalue weighted by molar-refractivity contribution is -0.146. The van der Waals surface area contributed by atoms with Crippen molar-refractivity contribution in [3.8, 4) is 5.75 Å². The average molecular weight is 281 g/mol. The van der Waals surface area contributed by atoms with Gasteiger partial charge >= 0.3 is 5.97 Å². The van der Waals surface area contributed by atoms with Gasteiger partial charge in [0.1, 0.15) is 5.75 Å². The van der Waals surface area contributed by atoms with Crippen LogP contribution in [0.2, 0.25) is 0 Å². The van der Waals surface area contributed by atoms with Gasteiger partial charge in [-0.05, 0) is 19.1 Å². The third kappa shape index (κ3) is 5.27. The Morgan fingerprint density at radius 1 is 1.30 bits per heavy atom. The molecule has 20 heavy (non-hydrogen) atoms. The number of esters is 1. The molecule has 110 valence electrons. The molecule has 1 aromatic carbocycles. The zero-order chi connectivity index (χ0) is 15.0. The predicted molar refractivity (Wildman–Crippen MR) is 72.3 cm³/mol. The van der Waals surface area contributed by atoms with Crippen LogP contribution in [0, 0.1) is 6.92 Å². The van der Waals surface area contributed by atoms with Gasteiger partial charge in [0.25, 0.3) is 0 Å². The van der Waals surface area contributed by atoms with Gasteiger partial charge in [-0.3, -0.25) is 4.79 Å². The minimum absolute atomic E-state index is 0.0847. The van der Waals surface area contributed by atoms with Crippen LogP contribution in [-0.2, 0) is 14.3 Å². The highest BCUT2D eigenvalue weighted by Gasteiger charge is 2.20. The van der Waals surface area contributed by atoms with Crippen LogP contribution in [-0.4, -0.2) is 43.3 Å². The second-order valence-electron chi connectivity index (χ2n) is 4.24. The normalized spacial score (nSPS) is 11.6. The smallest absolute Gasteiger partial charge is 0.330 e. The van der Waals surface area contributed by atoms with Gasteiger partial charge in [-0.25, -0.2) is 4.79 Å². The molecule has 0 saturated heterocycles. The number of carbonyl (C=O) groups is 2. The Morgan fingerprint density at radius 2 is 1.95 bits per heavy atom. The van der Waals surface area contributed by atoms with E-state index in [1.165, 1.54) is 7.11 Å². The van der Waals surface area contributed by atoms with Crippen molar-refractivity contribution in [1.82, 2.24) is 5.32 Å². The molecule has 0 bridgehead atoms. The van der Waals surface area contributed by atoms with E-state index in [9.17, 15) is 9.59 Å². The first-order valence-corrected chi connectivity index (χ1v) is 6.24. The van der Waals surface area contributed by atoms with Gasteiger partial charge in [-0.15, -0.1) is 0 Å². The van der Waals surface area contributed by atoms with Crippen LogP contribution in [0.3, 0.4) is 0 Å². The number of methoxy groups -OCH3 is 1. The zero-order valence-electron chi connectivity index (χ0n) is 11.6. The van der Waals surface area contributed by atoms with Crippen molar-refractivity contribution in [1.29, 1.82) is 0 Å². The molecule has 0 aliphatic heterocycles. The summed E-state index contributed by atoms with van der Waals surface area (Å²) in [5.74, 6) is -0.392. The Hall–Kier alpha value is -2.08. The number of benzene rings is 1. The molecule has 6 heteroatoms. The fraction of sp³-hybridized carbons (Fsp3) is 0.429. The molecule has 0 radical (unpaired) electrons. The van der Waals surface area contributed by atoms with E-state index in [0.29, 0.717) is 5.75 Å². The van der Waals surface area contributed by atoms with Gasteiger partial charge in [0.15, 0.2) is 6.04 Å². The molecule has 0 heterocycles. The maximum atomic E-state index is 11.6. The van der Waals surface area contributed by atoms with Gasteiger partial charge in [0, 0.05) is 0 Å². The minimum atomic E-state index is -1.04. The van der Waals surface area contributed by atoms with E-state index in [1.54, 1.807) is 0 Å². The van der Waals surface area contributed by atoms with Crippen LogP contribution in [0.4, 0.5) is 0 Å². The van der Waals surface area contributed by atoms with E-state index in [4.69, 9.17) is 9.84 Å². The molecule has 0 unspecified atom stereocenters. The molecular weight excluding hydrogens is 262 g/mol. The Bertz CT molecular complexity index is 443. The SMILES string of the molecule is COC(=O)[C@H](CO)NC(=O)CCOc1ccc(C)cc1. The lowest BCUT2D eigenvalue weighted by Gasteiger charge is -2.14. The number of aliphatic hydroxyl groups excluding tert-OH is 1. The fourth-order valence-electron chi connectivity index (χ4n) is 1.48. The molecule has 0 saturated carbocycles. The monoisotopic (exact) mass is 281 g/mol. The van der Waals surface area contributed by atoms with Crippen LogP contribution in [0.1, 0.15) is 12.0 Å². The number of aliphatic hydroxyl groups is 1. The second-order valence-corrected chi connectivity index (χ2v) is 4.24. The molecule has 0 fully saturated rings. The number of amides is 1. The second kappa shape index (κ2) is 8.16. The summed E-state index contributed by atoms with van der Waals surface area (Å²) in [7, 11) is 1.19. The van der Waals surface area contributed by atoms with Gasteiger partial charge in [-0.1, -0.05) is 17.7 Å². The molecule has 2 N–H and O–H groups in total. The Balaban J connectivity index is 2.32. The largest absolute Gasteiger partial charge is 0.493 e. The average Bonchev–Trinajstić information content (AvgIpc) is 2.46. The number of hydrogen-bond donors (Lipinski definition) is 2. The van der Waals surface area contributed by atoms with E-state index in [-0.39, 0.29) is 18.9 Å². The van der Waals surface area contributed by atoms with Crippen molar-refractivity contribution in [3.05, 3.63) is 29.8 Å². The first kappa shape index (κ1) is 16.0. The van der Waals surface area contributed by atoms with E-state index < -0.39 is 18.6 Å². The zero-order valence-corrected chi connectivity index (χ0v) is 11.6. The molecule has 0 aliphatic rings. The van der Waals surface area contributed by atoms with Crippen molar-refractivity contribution in [2.24, 2.45) is 0 Å². The Morgan fingerprint density at radius 3 is 2.50 bits per heavy atom. The molecule has 1 rings (SSSR count). The molecule has 0 aliphatic carbocycles. The number of carbonyl (C=O) groups excluding carboxylic acids is 2. The van der Waals surface area contributed by atoms with Gasteiger partial charge in [0.05, 0.1) is 26.7 Å². The highest BCUT2D eigenvalue weighted by molar-refractivity contribution is 5.84. The number of ether oxygens (including phenoxy) is 2. The third-order valence-electron chi connectivity index (χ3n) is 2.62. The van der Waals surface area contributed by atoms with Crippen molar-refractivity contribution >= 4 is 11.9 Å². The van der Waals surface area contributed by atoms with Crippen LogP contribution in [0.15, 0.2) is 24.3 Å². The number of aryl methyl sites for hydroxylation is 1. The van der Waals surface area contributed by atoms with E-state index in [1.807, 2.05) is 31.2 Å². The summed E-state index contributed by atoms with van der Waals surface area (Å²) in [5, 5.41) is 11.3. The highest BCUT2D eigenvalue weighted by atomic mass is 16.5. The number of nitrogens with one attached hydrogen (secondary N) is 1. The lowest BCUT2D eigenvalue weighted by atomic mass is 10.2. The summed E-state index contributed by atoms with van der Waals surface area (Å²) >= 11 is 0. The Labute approximate surface area is 117 Å². The van der Waals surface area contributed by atoms with E-state index in [0.717, 1.165) is 5.56 Å². The quantitative estimate of drug-likeness (QED) is 0.707. The minimum Gasteiger partial charge on any atom is -0.493 e. The van der Waals surface area contributed by atoms with Crippen LogP contribution >= 0.6 is 0 Å². The highest BCUT2D eigenvalue weighted by Crippen LogP contribution is 2.11. The summed E-state index contributed by atoms with van der Waals surface area (Å²) in [4.78, 5) is 22.7. The maximum Gasteiger partial charge on any atom is 0.330 e. The summed E-state index contributed by atoms with van der Waals surface area (Å²) in [6, 6.07) is 6.42. The van der Waals surface area contributed by atoms with Crippen LogP contribution in [0.5, 0.6) is 5.75 Å². The maximum absolute atomic E-state index is 11.6. The topological polar surface area (TPSA) is 84.9 Å². The fourth-order valence-corrected chi connectivity index (χ4v) is 1.48. The molecule has 6 nitrogen and oxygen atoms in total. The first-order chi connectivity index (χ1) is 9.56. The van der Waals surface area contributed by atoms with E-state index >= 15 is 0 Å². The predicted octanol–water partition coefficient (Wildman–Crippen LogP) is 0.414. The molecular formula is C14H19NO5. The van der Waals surface area contributed by atoms with Crippen LogP contribution in [0.25, 0.3) is 0 Å². The third-order valence-corrected chi connectivity index (χ3v) is 2.62. The molecule has 0 aromatic heterocycles. The molecule has 1 atom stereocenters. The van der Waals surface area contributed by atoms with E-state index in [2.05, 4.69) is 10.1 Å². The summed E-state index contributed by atoms with van der Waals surface area (Å²) < 4.78 is 9.84. The number of hydrogen-bond acceptors (Lipinski definition) is 5. The summed E-state index contributed by atoms with van der Waals surface area (Å²) in [6.45, 7) is 1.66. The summed E-state index contributed by atoms with van der Waals surface area (Å²) in [6.07, 6.45) is 0.0847. The van der Waals surface area contributed by atoms with Gasteiger partial charge in [0.2, 0.25) is 5.91 Å². The Kier molecular flexibility index (Phi) is 6.52. The van der Waals surface area contributed by atoms with Crippen molar-refractivity contribution < 1.29 is 24.2 Å². The molecule has 1 aromatic rings. The van der Waals surface area contributed by atoms with Crippen LogP contribution < -0.4 is 10.1 Å². The lowest BCUT2D eigenvalue weighted by Crippen LogP contribution is -2.44. The van der Waals surface area contributed by atoms with Gasteiger partial charge < -0.3 is 19.9 Å². The first-order valence-electron chi connectivity index (χ1n) is 6.24. The molecule has 1 amide bonds. The number of rotatable bonds is 7. The van der Waals surface area contributed by atoms with Crippen molar-refractivity contribution in [3.63, 3.8) is 0 Å². The van der Waals surface area contributed by atoms with Gasteiger partial charge in [-0.2, -0.15) is 0 Å². The summed E-state index contributed by atoms with van der Waals surface area (Å²) in [5.41, 5.74) is 1.12. The standard InChI is InChI=1S/C14H19NO5/c1-10-3-5-11(6-4-10)20-8-7-13(17)15-12(9-16)14(18)19-2/h3-6,12,16H,7-9H2,1-2H3,(H,15,17)/t12-/m0/s1. The molecule has 0 spiro atoms. The van der Waals surface area contributed by atoms with Crippen molar-refractivity contribution in [2.45, 2.75) is 19.4 Å².